The van der Waals surface area contributed by atoms with Crippen molar-refractivity contribution in [3.05, 3.63) is 34.3 Å². The minimum atomic E-state index is 0. The standard InChI is InChI=1S/C15H19BrN2O.ClH/c16-14-4-2-1-3-11(14)9-15(19)18-8-7-12-5-6-13(10-18)17-12;/h1-4,12-13,17H,5-10H2;1H. The van der Waals surface area contributed by atoms with Gasteiger partial charge in [0.15, 0.2) is 0 Å². The predicted molar refractivity (Wildman–Crippen MR) is 86.2 cm³/mol. The SMILES string of the molecule is Cl.O=C(Cc1ccccc1Br)N1CCC2CCC(C1)N2. The third kappa shape index (κ3) is 3.54. The number of carbonyl (C=O) groups excluding carboxylic acids is 1. The van der Waals surface area contributed by atoms with Crippen LogP contribution in [0.25, 0.3) is 0 Å². The average Bonchev–Trinajstić information content (AvgIpc) is 2.71. The van der Waals surface area contributed by atoms with Gasteiger partial charge in [0.2, 0.25) is 5.91 Å². The van der Waals surface area contributed by atoms with Crippen molar-refractivity contribution in [3.8, 4) is 0 Å². The van der Waals surface area contributed by atoms with Gasteiger partial charge >= 0.3 is 0 Å². The maximum atomic E-state index is 12.4. The molecule has 2 atom stereocenters. The van der Waals surface area contributed by atoms with E-state index < -0.39 is 0 Å². The summed E-state index contributed by atoms with van der Waals surface area (Å²) >= 11 is 3.51. The third-order valence-electron chi connectivity index (χ3n) is 4.18. The van der Waals surface area contributed by atoms with E-state index in [9.17, 15) is 4.79 Å². The molecule has 2 aliphatic heterocycles. The van der Waals surface area contributed by atoms with E-state index in [4.69, 9.17) is 0 Å². The molecular weight excluding hydrogens is 340 g/mol. The van der Waals surface area contributed by atoms with Crippen molar-refractivity contribution in [2.45, 2.75) is 37.8 Å². The number of likely N-dealkylation sites (tertiary alicyclic amines) is 1. The molecule has 1 aromatic carbocycles. The Morgan fingerprint density at radius 3 is 2.80 bits per heavy atom. The van der Waals surface area contributed by atoms with Crippen LogP contribution in [0, 0.1) is 0 Å². The molecule has 20 heavy (non-hydrogen) atoms. The molecule has 0 aliphatic carbocycles. The summed E-state index contributed by atoms with van der Waals surface area (Å²) in [5.41, 5.74) is 1.08. The van der Waals surface area contributed by atoms with Gasteiger partial charge in [-0.3, -0.25) is 4.79 Å². The molecule has 3 nitrogen and oxygen atoms in total. The van der Waals surface area contributed by atoms with Crippen molar-refractivity contribution >= 4 is 34.2 Å². The van der Waals surface area contributed by atoms with Crippen LogP contribution < -0.4 is 5.32 Å². The normalized spacial score (nSPS) is 24.9. The van der Waals surface area contributed by atoms with Crippen molar-refractivity contribution in [2.75, 3.05) is 13.1 Å². The van der Waals surface area contributed by atoms with Crippen LogP contribution >= 0.6 is 28.3 Å². The zero-order chi connectivity index (χ0) is 13.2. The first kappa shape index (κ1) is 15.8. The van der Waals surface area contributed by atoms with Crippen molar-refractivity contribution in [1.29, 1.82) is 0 Å². The number of nitrogens with zero attached hydrogens (tertiary/aromatic N) is 1. The summed E-state index contributed by atoms with van der Waals surface area (Å²) in [6.45, 7) is 1.78. The zero-order valence-corrected chi connectivity index (χ0v) is 13.8. The lowest BCUT2D eigenvalue weighted by atomic mass is 10.1. The molecule has 3 rings (SSSR count). The fraction of sp³-hybridized carbons (Fsp3) is 0.533. The molecule has 2 saturated heterocycles. The number of fused-ring (bicyclic) bond motifs is 2. The van der Waals surface area contributed by atoms with Crippen LogP contribution in [0.3, 0.4) is 0 Å². The van der Waals surface area contributed by atoms with Gasteiger partial charge in [0, 0.05) is 29.6 Å². The number of carbonyl (C=O) groups is 1. The van der Waals surface area contributed by atoms with E-state index in [0.29, 0.717) is 18.5 Å². The summed E-state index contributed by atoms with van der Waals surface area (Å²) in [6.07, 6.45) is 4.08. The Balaban J connectivity index is 0.00000147. The molecule has 2 fully saturated rings. The van der Waals surface area contributed by atoms with Crippen molar-refractivity contribution in [2.24, 2.45) is 0 Å². The Hall–Kier alpha value is -0.580. The molecule has 0 aromatic heterocycles. The van der Waals surface area contributed by atoms with Crippen LogP contribution in [-0.4, -0.2) is 36.0 Å². The molecule has 1 N–H and O–H groups in total. The average molecular weight is 360 g/mol. The number of halogens is 2. The summed E-state index contributed by atoms with van der Waals surface area (Å²) in [4.78, 5) is 14.5. The molecule has 2 heterocycles. The van der Waals surface area contributed by atoms with Crippen molar-refractivity contribution in [3.63, 3.8) is 0 Å². The monoisotopic (exact) mass is 358 g/mol. The molecule has 0 saturated carbocycles. The highest BCUT2D eigenvalue weighted by Gasteiger charge is 2.31. The Labute approximate surface area is 134 Å². The highest BCUT2D eigenvalue weighted by atomic mass is 79.9. The first-order chi connectivity index (χ1) is 9.22. The minimum Gasteiger partial charge on any atom is -0.341 e. The second-order valence-electron chi connectivity index (χ2n) is 5.53. The van der Waals surface area contributed by atoms with E-state index in [1.54, 1.807) is 0 Å². The predicted octanol–water partition coefficient (Wildman–Crippen LogP) is 2.77. The highest BCUT2D eigenvalue weighted by molar-refractivity contribution is 9.10. The number of nitrogens with one attached hydrogen (secondary N) is 1. The number of hydrogen-bond donors (Lipinski definition) is 1. The first-order valence-electron chi connectivity index (χ1n) is 6.99. The molecule has 1 amide bonds. The van der Waals surface area contributed by atoms with Crippen molar-refractivity contribution < 1.29 is 4.79 Å². The maximum absolute atomic E-state index is 12.4. The van der Waals surface area contributed by atoms with E-state index >= 15 is 0 Å². The van der Waals surface area contributed by atoms with E-state index in [1.807, 2.05) is 29.2 Å². The van der Waals surface area contributed by atoms with Gasteiger partial charge in [-0.25, -0.2) is 0 Å². The Morgan fingerprint density at radius 1 is 1.25 bits per heavy atom. The first-order valence-corrected chi connectivity index (χ1v) is 7.79. The summed E-state index contributed by atoms with van der Waals surface area (Å²) in [7, 11) is 0. The Bertz CT molecular complexity index is 483. The van der Waals surface area contributed by atoms with Gasteiger partial charge in [-0.1, -0.05) is 34.1 Å². The van der Waals surface area contributed by atoms with Gasteiger partial charge in [0.1, 0.15) is 0 Å². The number of rotatable bonds is 2. The molecule has 2 unspecified atom stereocenters. The van der Waals surface area contributed by atoms with E-state index in [1.165, 1.54) is 12.8 Å². The summed E-state index contributed by atoms with van der Waals surface area (Å²) in [5, 5.41) is 3.61. The van der Waals surface area contributed by atoms with Gasteiger partial charge < -0.3 is 10.2 Å². The summed E-state index contributed by atoms with van der Waals surface area (Å²) in [6, 6.07) is 9.12. The van der Waals surface area contributed by atoms with E-state index in [2.05, 4.69) is 21.2 Å². The quantitative estimate of drug-likeness (QED) is 0.880. The maximum Gasteiger partial charge on any atom is 0.227 e. The molecule has 1 aromatic rings. The Morgan fingerprint density at radius 2 is 2.00 bits per heavy atom. The van der Waals surface area contributed by atoms with Gasteiger partial charge in [0.25, 0.3) is 0 Å². The summed E-state index contributed by atoms with van der Waals surface area (Å²) < 4.78 is 1.03. The summed E-state index contributed by atoms with van der Waals surface area (Å²) in [5.74, 6) is 0.251. The van der Waals surface area contributed by atoms with E-state index in [-0.39, 0.29) is 18.3 Å². The molecule has 0 spiro atoms. The molecular formula is C15H20BrClN2O. The second kappa shape index (κ2) is 6.92. The molecule has 110 valence electrons. The fourth-order valence-corrected chi connectivity index (χ4v) is 3.51. The lowest BCUT2D eigenvalue weighted by Gasteiger charge is -2.24. The third-order valence-corrected chi connectivity index (χ3v) is 4.95. The van der Waals surface area contributed by atoms with Gasteiger partial charge in [-0.05, 0) is 30.9 Å². The zero-order valence-electron chi connectivity index (χ0n) is 11.3. The lowest BCUT2D eigenvalue weighted by Crippen LogP contribution is -2.39. The lowest BCUT2D eigenvalue weighted by molar-refractivity contribution is -0.130. The molecule has 2 bridgehead atoms. The topological polar surface area (TPSA) is 32.3 Å². The minimum absolute atomic E-state index is 0. The fourth-order valence-electron chi connectivity index (χ4n) is 3.09. The van der Waals surface area contributed by atoms with Crippen LogP contribution in [0.4, 0.5) is 0 Å². The van der Waals surface area contributed by atoms with Gasteiger partial charge in [-0.2, -0.15) is 0 Å². The smallest absolute Gasteiger partial charge is 0.227 e. The van der Waals surface area contributed by atoms with Crippen LogP contribution in [0.5, 0.6) is 0 Å². The number of benzene rings is 1. The number of hydrogen-bond acceptors (Lipinski definition) is 2. The van der Waals surface area contributed by atoms with E-state index in [0.717, 1.165) is 29.5 Å². The van der Waals surface area contributed by atoms with Gasteiger partial charge in [0.05, 0.1) is 6.42 Å². The molecule has 2 aliphatic rings. The van der Waals surface area contributed by atoms with Crippen LogP contribution in [-0.2, 0) is 11.2 Å². The van der Waals surface area contributed by atoms with Gasteiger partial charge in [-0.15, -0.1) is 12.4 Å². The van der Waals surface area contributed by atoms with Crippen LogP contribution in [0.1, 0.15) is 24.8 Å². The molecule has 5 heteroatoms. The largest absolute Gasteiger partial charge is 0.341 e. The van der Waals surface area contributed by atoms with Crippen LogP contribution in [0.15, 0.2) is 28.7 Å². The highest BCUT2D eigenvalue weighted by Crippen LogP contribution is 2.22. The second-order valence-corrected chi connectivity index (χ2v) is 6.39. The van der Waals surface area contributed by atoms with Crippen molar-refractivity contribution in [1.82, 2.24) is 10.2 Å². The van der Waals surface area contributed by atoms with Crippen LogP contribution in [0.2, 0.25) is 0 Å². The Kier molecular flexibility index (Phi) is 5.47. The number of amides is 1. The molecule has 0 radical (unpaired) electrons.